The molecule has 0 saturated heterocycles. The molecule has 2 nitrogen and oxygen atoms in total. The van der Waals surface area contributed by atoms with Crippen LogP contribution in [0.3, 0.4) is 0 Å². The molecule has 0 radical (unpaired) electrons. The van der Waals surface area contributed by atoms with E-state index in [0.717, 1.165) is 22.2 Å². The Morgan fingerprint density at radius 2 is 1.89 bits per heavy atom. The summed E-state index contributed by atoms with van der Waals surface area (Å²) in [4.78, 5) is 8.63. The number of hydrogen-bond acceptors (Lipinski definition) is 2. The van der Waals surface area contributed by atoms with Gasteiger partial charge >= 0.3 is 0 Å². The average Bonchev–Trinajstić information content (AvgIpc) is 2.46. The molecule has 3 rings (SSSR count). The second-order valence-corrected chi connectivity index (χ2v) is 4.63. The minimum Gasteiger partial charge on any atom is -0.264 e. The van der Waals surface area contributed by atoms with E-state index in [1.54, 1.807) is 6.20 Å². The van der Waals surface area contributed by atoms with E-state index in [-0.39, 0.29) is 0 Å². The van der Waals surface area contributed by atoms with Crippen molar-refractivity contribution in [1.82, 2.24) is 9.97 Å². The second-order valence-electron chi connectivity index (χ2n) is 4.19. The Hall–Kier alpha value is -2.19. The van der Waals surface area contributed by atoms with Gasteiger partial charge in [0.1, 0.15) is 0 Å². The average molecular weight is 267 g/mol. The molecule has 2 aromatic heterocycles. The summed E-state index contributed by atoms with van der Waals surface area (Å²) >= 11 is 5.98. The number of pyridine rings is 2. The Morgan fingerprint density at radius 3 is 2.74 bits per heavy atom. The largest absolute Gasteiger partial charge is 0.264 e. The van der Waals surface area contributed by atoms with Crippen LogP contribution in [-0.4, -0.2) is 9.97 Å². The second kappa shape index (κ2) is 5.21. The van der Waals surface area contributed by atoms with Crippen LogP contribution in [-0.2, 0) is 0 Å². The first-order valence-corrected chi connectivity index (χ1v) is 6.33. The van der Waals surface area contributed by atoms with Crippen molar-refractivity contribution in [3.05, 3.63) is 71.1 Å². The lowest BCUT2D eigenvalue weighted by atomic mass is 10.2. The summed E-state index contributed by atoms with van der Waals surface area (Å²) in [6.45, 7) is 0. The minimum atomic E-state index is 0.702. The van der Waals surface area contributed by atoms with E-state index in [2.05, 4.69) is 9.97 Å². The SMILES string of the molecule is Clc1ccc2ccc(/C=C/c3cccnc3)nc2c1. The smallest absolute Gasteiger partial charge is 0.0724 e. The zero-order chi connectivity index (χ0) is 13.1. The highest BCUT2D eigenvalue weighted by molar-refractivity contribution is 6.31. The predicted octanol–water partition coefficient (Wildman–Crippen LogP) is 4.45. The molecule has 0 amide bonds. The normalized spacial score (nSPS) is 11.2. The van der Waals surface area contributed by atoms with E-state index >= 15 is 0 Å². The molecule has 3 aromatic rings. The van der Waals surface area contributed by atoms with Crippen molar-refractivity contribution in [2.75, 3.05) is 0 Å². The number of fused-ring (bicyclic) bond motifs is 1. The number of rotatable bonds is 2. The van der Waals surface area contributed by atoms with Crippen LogP contribution in [0.15, 0.2) is 54.9 Å². The first kappa shape index (κ1) is 11.9. The van der Waals surface area contributed by atoms with Crippen molar-refractivity contribution in [3.8, 4) is 0 Å². The Morgan fingerprint density at radius 1 is 1.00 bits per heavy atom. The lowest BCUT2D eigenvalue weighted by Crippen LogP contribution is -1.83. The van der Waals surface area contributed by atoms with Gasteiger partial charge in [-0.3, -0.25) is 4.98 Å². The number of nitrogens with zero attached hydrogens (tertiary/aromatic N) is 2. The van der Waals surface area contributed by atoms with Crippen LogP contribution in [0.4, 0.5) is 0 Å². The molecular formula is C16H11ClN2. The van der Waals surface area contributed by atoms with Gasteiger partial charge < -0.3 is 0 Å². The highest BCUT2D eigenvalue weighted by Crippen LogP contribution is 2.18. The topological polar surface area (TPSA) is 25.8 Å². The number of aromatic nitrogens is 2. The van der Waals surface area contributed by atoms with Gasteiger partial charge in [0.2, 0.25) is 0 Å². The highest BCUT2D eigenvalue weighted by Gasteiger charge is 1.97. The summed E-state index contributed by atoms with van der Waals surface area (Å²) in [6, 6.07) is 13.7. The fraction of sp³-hybridized carbons (Fsp3) is 0. The Kier molecular flexibility index (Phi) is 3.25. The van der Waals surface area contributed by atoms with Crippen molar-refractivity contribution in [1.29, 1.82) is 0 Å². The van der Waals surface area contributed by atoms with Crippen LogP contribution in [0.25, 0.3) is 23.1 Å². The molecule has 0 N–H and O–H groups in total. The van der Waals surface area contributed by atoms with Crippen LogP contribution in [0.1, 0.15) is 11.3 Å². The van der Waals surface area contributed by atoms with E-state index < -0.39 is 0 Å². The van der Waals surface area contributed by atoms with Crippen LogP contribution >= 0.6 is 11.6 Å². The molecular weight excluding hydrogens is 256 g/mol. The van der Waals surface area contributed by atoms with Crippen LogP contribution in [0.5, 0.6) is 0 Å². The third-order valence-electron chi connectivity index (χ3n) is 2.81. The maximum Gasteiger partial charge on any atom is 0.0724 e. The fourth-order valence-corrected chi connectivity index (χ4v) is 2.02. The summed E-state index contributed by atoms with van der Waals surface area (Å²) < 4.78 is 0. The van der Waals surface area contributed by atoms with E-state index in [9.17, 15) is 0 Å². The lowest BCUT2D eigenvalue weighted by molar-refractivity contribution is 1.32. The third kappa shape index (κ3) is 2.80. The Labute approximate surface area is 116 Å². The van der Waals surface area contributed by atoms with Crippen molar-refractivity contribution < 1.29 is 0 Å². The molecule has 2 heterocycles. The molecule has 0 aliphatic carbocycles. The molecule has 0 aliphatic heterocycles. The Balaban J connectivity index is 1.95. The molecule has 0 aliphatic rings. The molecule has 0 spiro atoms. The van der Waals surface area contributed by atoms with E-state index in [1.807, 2.05) is 60.8 Å². The minimum absolute atomic E-state index is 0.702. The van der Waals surface area contributed by atoms with E-state index in [0.29, 0.717) is 5.02 Å². The summed E-state index contributed by atoms with van der Waals surface area (Å²) in [5.41, 5.74) is 2.86. The monoisotopic (exact) mass is 266 g/mol. The van der Waals surface area contributed by atoms with Gasteiger partial charge in [-0.05, 0) is 35.9 Å². The molecule has 19 heavy (non-hydrogen) atoms. The first-order chi connectivity index (χ1) is 9.31. The first-order valence-electron chi connectivity index (χ1n) is 5.96. The zero-order valence-corrected chi connectivity index (χ0v) is 10.9. The van der Waals surface area contributed by atoms with E-state index in [1.165, 1.54) is 0 Å². The van der Waals surface area contributed by atoms with E-state index in [4.69, 9.17) is 11.6 Å². The maximum atomic E-state index is 5.98. The standard InChI is InChI=1S/C16H11ClN2/c17-14-6-4-13-5-8-15(19-16(13)10-14)7-3-12-2-1-9-18-11-12/h1-11H/b7-3+. The molecule has 0 unspecified atom stereocenters. The molecule has 3 heteroatoms. The number of halogens is 1. The highest BCUT2D eigenvalue weighted by atomic mass is 35.5. The van der Waals surface area contributed by atoms with Crippen molar-refractivity contribution in [3.63, 3.8) is 0 Å². The van der Waals surface area contributed by atoms with Gasteiger partial charge in [0.25, 0.3) is 0 Å². The zero-order valence-electron chi connectivity index (χ0n) is 10.1. The molecule has 0 saturated carbocycles. The van der Waals surface area contributed by atoms with Crippen molar-refractivity contribution in [2.45, 2.75) is 0 Å². The molecule has 92 valence electrons. The van der Waals surface area contributed by atoms with Gasteiger partial charge in [0.05, 0.1) is 11.2 Å². The van der Waals surface area contributed by atoms with Gasteiger partial charge in [0, 0.05) is 22.8 Å². The van der Waals surface area contributed by atoms with Gasteiger partial charge in [0.15, 0.2) is 0 Å². The lowest BCUT2D eigenvalue weighted by Gasteiger charge is -1.99. The predicted molar refractivity (Wildman–Crippen MR) is 79.9 cm³/mol. The third-order valence-corrected chi connectivity index (χ3v) is 3.04. The number of benzene rings is 1. The van der Waals surface area contributed by atoms with Crippen LogP contribution in [0.2, 0.25) is 5.02 Å². The maximum absolute atomic E-state index is 5.98. The summed E-state index contributed by atoms with van der Waals surface area (Å²) in [5, 5.41) is 1.79. The van der Waals surface area contributed by atoms with Crippen molar-refractivity contribution in [2.24, 2.45) is 0 Å². The molecule has 0 fully saturated rings. The molecule has 0 bridgehead atoms. The number of hydrogen-bond donors (Lipinski definition) is 0. The Bertz CT molecular complexity index is 736. The van der Waals surface area contributed by atoms with Gasteiger partial charge in [-0.2, -0.15) is 0 Å². The summed E-state index contributed by atoms with van der Waals surface area (Å²) in [5.74, 6) is 0. The summed E-state index contributed by atoms with van der Waals surface area (Å²) in [6.07, 6.45) is 7.53. The van der Waals surface area contributed by atoms with Crippen LogP contribution in [0, 0.1) is 0 Å². The van der Waals surface area contributed by atoms with Gasteiger partial charge in [-0.25, -0.2) is 4.98 Å². The molecule has 0 atom stereocenters. The van der Waals surface area contributed by atoms with Crippen molar-refractivity contribution >= 4 is 34.7 Å². The fourth-order valence-electron chi connectivity index (χ4n) is 1.86. The van der Waals surface area contributed by atoms with Gasteiger partial charge in [-0.15, -0.1) is 0 Å². The van der Waals surface area contributed by atoms with Crippen LogP contribution < -0.4 is 0 Å². The molecule has 1 aromatic carbocycles. The quantitative estimate of drug-likeness (QED) is 0.685. The summed E-state index contributed by atoms with van der Waals surface area (Å²) in [7, 11) is 0. The van der Waals surface area contributed by atoms with Gasteiger partial charge in [-0.1, -0.05) is 35.9 Å².